The monoisotopic (exact) mass is 348 g/mol. The van der Waals surface area contributed by atoms with Crippen molar-refractivity contribution in [2.45, 2.75) is 0 Å². The smallest absolute Gasteiger partial charge is 0.328 e. The van der Waals surface area contributed by atoms with E-state index in [1.165, 1.54) is 6.08 Å². The van der Waals surface area contributed by atoms with Crippen molar-refractivity contribution in [2.75, 3.05) is 18.6 Å². The fourth-order valence-electron chi connectivity index (χ4n) is 1.21. The molecule has 0 fully saturated rings. The molecule has 1 aromatic rings. The molecular weight excluding hydrogens is 336 g/mol. The number of carboxylic acid groups (broad SMARTS) is 1. The van der Waals surface area contributed by atoms with Gasteiger partial charge in [0.05, 0.1) is 5.75 Å². The van der Waals surface area contributed by atoms with Crippen molar-refractivity contribution in [3.8, 4) is 5.75 Å². The second-order valence-electron chi connectivity index (χ2n) is 3.83. The first-order valence-electron chi connectivity index (χ1n) is 5.29. The second-order valence-corrected chi connectivity index (χ2v) is 6.95. The van der Waals surface area contributed by atoms with Gasteiger partial charge in [0, 0.05) is 16.8 Å². The number of ether oxygens (including phenoxy) is 1. The fourth-order valence-corrected chi connectivity index (χ4v) is 1.98. The van der Waals surface area contributed by atoms with Crippen LogP contribution in [0.15, 0.2) is 28.7 Å². The molecule has 0 radical (unpaired) electrons. The van der Waals surface area contributed by atoms with Gasteiger partial charge in [-0.3, -0.25) is 0 Å². The quantitative estimate of drug-likeness (QED) is 0.795. The minimum absolute atomic E-state index is 0.0581. The first-order chi connectivity index (χ1) is 8.78. The zero-order valence-corrected chi connectivity index (χ0v) is 12.6. The fraction of sp³-hybridized carbons (Fsp3) is 0.250. The number of carbonyl (C=O) groups is 1. The zero-order chi connectivity index (χ0) is 14.5. The molecule has 104 valence electrons. The summed E-state index contributed by atoms with van der Waals surface area (Å²) in [6.07, 6.45) is 3.58. The average Bonchev–Trinajstić information content (AvgIpc) is 2.27. The van der Waals surface area contributed by atoms with Crippen molar-refractivity contribution in [1.29, 1.82) is 0 Å². The lowest BCUT2D eigenvalue weighted by molar-refractivity contribution is -0.131. The predicted molar refractivity (Wildman–Crippen MR) is 76.0 cm³/mol. The van der Waals surface area contributed by atoms with Gasteiger partial charge in [0.1, 0.15) is 12.4 Å². The molecule has 0 aromatic heterocycles. The molecule has 0 aliphatic heterocycles. The van der Waals surface area contributed by atoms with Gasteiger partial charge in [0.15, 0.2) is 9.84 Å². The molecule has 0 spiro atoms. The van der Waals surface area contributed by atoms with Crippen molar-refractivity contribution in [1.82, 2.24) is 0 Å². The van der Waals surface area contributed by atoms with Crippen LogP contribution in [0.4, 0.5) is 0 Å². The summed E-state index contributed by atoms with van der Waals surface area (Å²) in [5.74, 6) is -0.629. The lowest BCUT2D eigenvalue weighted by Gasteiger charge is -2.07. The Kier molecular flexibility index (Phi) is 5.56. The second kappa shape index (κ2) is 6.72. The molecule has 19 heavy (non-hydrogen) atoms. The maximum Gasteiger partial charge on any atom is 0.328 e. The van der Waals surface area contributed by atoms with Crippen molar-refractivity contribution < 1.29 is 23.1 Å². The van der Waals surface area contributed by atoms with E-state index < -0.39 is 15.8 Å². The number of aliphatic carboxylic acids is 1. The van der Waals surface area contributed by atoms with Gasteiger partial charge in [0.25, 0.3) is 0 Å². The Balaban J connectivity index is 2.76. The van der Waals surface area contributed by atoms with E-state index in [2.05, 4.69) is 15.9 Å². The van der Waals surface area contributed by atoms with E-state index in [1.807, 2.05) is 0 Å². The molecule has 1 rings (SSSR count). The van der Waals surface area contributed by atoms with Crippen LogP contribution in [-0.2, 0) is 14.6 Å². The van der Waals surface area contributed by atoms with Crippen LogP contribution in [-0.4, -0.2) is 38.1 Å². The first-order valence-corrected chi connectivity index (χ1v) is 8.14. The molecule has 0 atom stereocenters. The van der Waals surface area contributed by atoms with Gasteiger partial charge in [-0.2, -0.15) is 0 Å². The standard InChI is InChI=1S/C12H13BrO5S/c1-19(16,17)7-6-18-10-3-4-11(13)9(8-10)2-5-12(14)15/h2-5,8H,6-7H2,1H3,(H,14,15)/b5-2+. The molecule has 1 N–H and O–H groups in total. The van der Waals surface area contributed by atoms with Gasteiger partial charge in [0.2, 0.25) is 0 Å². The van der Waals surface area contributed by atoms with Gasteiger partial charge >= 0.3 is 5.97 Å². The Morgan fingerprint density at radius 2 is 2.16 bits per heavy atom. The topological polar surface area (TPSA) is 80.7 Å². The largest absolute Gasteiger partial charge is 0.493 e. The van der Waals surface area contributed by atoms with E-state index >= 15 is 0 Å². The van der Waals surface area contributed by atoms with E-state index in [0.29, 0.717) is 11.3 Å². The Labute approximate surface area is 119 Å². The van der Waals surface area contributed by atoms with Gasteiger partial charge < -0.3 is 9.84 Å². The van der Waals surface area contributed by atoms with E-state index in [4.69, 9.17) is 9.84 Å². The van der Waals surface area contributed by atoms with Gasteiger partial charge in [-0.05, 0) is 29.8 Å². The molecule has 0 saturated heterocycles. The number of benzene rings is 1. The summed E-state index contributed by atoms with van der Waals surface area (Å²) in [4.78, 5) is 10.5. The predicted octanol–water partition coefficient (Wildman–Crippen LogP) is 1.97. The Morgan fingerprint density at radius 3 is 2.74 bits per heavy atom. The highest BCUT2D eigenvalue weighted by molar-refractivity contribution is 9.10. The van der Waals surface area contributed by atoms with E-state index in [-0.39, 0.29) is 12.4 Å². The van der Waals surface area contributed by atoms with Crippen LogP contribution in [0.3, 0.4) is 0 Å². The zero-order valence-electron chi connectivity index (χ0n) is 10.2. The third kappa shape index (κ3) is 6.40. The summed E-state index contributed by atoms with van der Waals surface area (Å²) in [6, 6.07) is 5.01. The average molecular weight is 349 g/mol. The van der Waals surface area contributed by atoms with Crippen LogP contribution in [0.25, 0.3) is 6.08 Å². The molecule has 0 unspecified atom stereocenters. The van der Waals surface area contributed by atoms with Gasteiger partial charge in [-0.25, -0.2) is 13.2 Å². The highest BCUT2D eigenvalue weighted by atomic mass is 79.9. The minimum Gasteiger partial charge on any atom is -0.493 e. The van der Waals surface area contributed by atoms with Crippen LogP contribution in [0.1, 0.15) is 5.56 Å². The lowest BCUT2D eigenvalue weighted by Crippen LogP contribution is -2.12. The Morgan fingerprint density at radius 1 is 1.47 bits per heavy atom. The highest BCUT2D eigenvalue weighted by Crippen LogP contribution is 2.23. The van der Waals surface area contributed by atoms with Crippen molar-refractivity contribution in [2.24, 2.45) is 0 Å². The third-order valence-corrected chi connectivity index (χ3v) is 3.73. The summed E-state index contributed by atoms with van der Waals surface area (Å²) < 4.78 is 27.9. The van der Waals surface area contributed by atoms with E-state index in [0.717, 1.165) is 16.8 Å². The highest BCUT2D eigenvalue weighted by Gasteiger charge is 2.04. The van der Waals surface area contributed by atoms with Crippen LogP contribution in [0.2, 0.25) is 0 Å². The molecular formula is C12H13BrO5S. The minimum atomic E-state index is -3.06. The number of hydrogen-bond acceptors (Lipinski definition) is 4. The summed E-state index contributed by atoms with van der Waals surface area (Å²) >= 11 is 3.28. The molecule has 0 heterocycles. The first kappa shape index (κ1) is 15.7. The van der Waals surface area contributed by atoms with Crippen LogP contribution in [0, 0.1) is 0 Å². The Bertz CT molecular complexity index is 592. The van der Waals surface area contributed by atoms with Crippen molar-refractivity contribution >= 4 is 37.8 Å². The molecule has 0 aliphatic rings. The molecule has 0 bridgehead atoms. The molecule has 7 heteroatoms. The molecule has 1 aromatic carbocycles. The summed E-state index contributed by atoms with van der Waals surface area (Å²) in [5, 5.41) is 8.57. The van der Waals surface area contributed by atoms with Crippen LogP contribution in [0.5, 0.6) is 5.75 Å². The van der Waals surface area contributed by atoms with Gasteiger partial charge in [-0.15, -0.1) is 0 Å². The number of carboxylic acids is 1. The van der Waals surface area contributed by atoms with Gasteiger partial charge in [-0.1, -0.05) is 15.9 Å². The maximum absolute atomic E-state index is 11.0. The van der Waals surface area contributed by atoms with Crippen molar-refractivity contribution in [3.05, 3.63) is 34.3 Å². The number of rotatable bonds is 6. The molecule has 0 aliphatic carbocycles. The van der Waals surface area contributed by atoms with E-state index in [9.17, 15) is 13.2 Å². The SMILES string of the molecule is CS(=O)(=O)CCOc1ccc(Br)c(/C=C/C(=O)O)c1. The molecule has 5 nitrogen and oxygen atoms in total. The normalized spacial score (nSPS) is 11.7. The lowest BCUT2D eigenvalue weighted by atomic mass is 10.2. The van der Waals surface area contributed by atoms with Crippen LogP contribution < -0.4 is 4.74 Å². The van der Waals surface area contributed by atoms with Crippen LogP contribution >= 0.6 is 15.9 Å². The molecule has 0 saturated carbocycles. The maximum atomic E-state index is 11.0. The summed E-state index contributed by atoms with van der Waals surface area (Å²) in [5.41, 5.74) is 0.638. The van der Waals surface area contributed by atoms with Crippen molar-refractivity contribution in [3.63, 3.8) is 0 Å². The summed E-state index contributed by atoms with van der Waals surface area (Å²) in [6.45, 7) is 0.0581. The number of halogens is 1. The Hall–Kier alpha value is -1.34. The van der Waals surface area contributed by atoms with E-state index in [1.54, 1.807) is 18.2 Å². The number of sulfone groups is 1. The summed E-state index contributed by atoms with van der Waals surface area (Å²) in [7, 11) is -3.06. The molecule has 0 amide bonds. The third-order valence-electron chi connectivity index (χ3n) is 2.10. The number of hydrogen-bond donors (Lipinski definition) is 1.